The number of nitrogens with one attached hydrogen (secondary N) is 1. The van der Waals surface area contributed by atoms with Gasteiger partial charge < -0.3 is 5.32 Å². The van der Waals surface area contributed by atoms with Crippen molar-refractivity contribution < 1.29 is 0 Å². The van der Waals surface area contributed by atoms with Crippen LogP contribution in [0.2, 0.25) is 0 Å². The van der Waals surface area contributed by atoms with Crippen LogP contribution in [0.4, 0.5) is 0 Å². The highest BCUT2D eigenvalue weighted by molar-refractivity contribution is 7.10. The minimum absolute atomic E-state index is 0.510. The summed E-state index contributed by atoms with van der Waals surface area (Å²) in [6.45, 7) is 3.30. The van der Waals surface area contributed by atoms with Crippen LogP contribution in [0.25, 0.3) is 0 Å². The van der Waals surface area contributed by atoms with E-state index in [1.165, 1.54) is 16.0 Å². The van der Waals surface area contributed by atoms with Crippen LogP contribution in [0, 0.1) is 0 Å². The summed E-state index contributed by atoms with van der Waals surface area (Å²) < 4.78 is 0. The summed E-state index contributed by atoms with van der Waals surface area (Å²) in [5.74, 6) is 0.510. The standard InChI is InChI=1S/C14H15NS/c1-10-14(11-5-3-2-4-6-11)12-7-8-16-13(12)9-15-10/h2-8,10,14-15H,9H2,1H3. The molecule has 0 amide bonds. The molecule has 0 radical (unpaired) electrons. The molecule has 2 atom stereocenters. The Labute approximate surface area is 100 Å². The number of rotatable bonds is 1. The molecule has 1 aliphatic rings. The van der Waals surface area contributed by atoms with Crippen molar-refractivity contribution in [3.63, 3.8) is 0 Å². The second-order valence-electron chi connectivity index (χ2n) is 4.36. The maximum Gasteiger partial charge on any atom is 0.0305 e. The molecule has 1 N–H and O–H groups in total. The summed E-state index contributed by atoms with van der Waals surface area (Å²) >= 11 is 1.86. The predicted molar refractivity (Wildman–Crippen MR) is 68.9 cm³/mol. The van der Waals surface area contributed by atoms with Gasteiger partial charge >= 0.3 is 0 Å². The second-order valence-corrected chi connectivity index (χ2v) is 5.36. The summed E-state index contributed by atoms with van der Waals surface area (Å²) in [7, 11) is 0. The molecule has 1 aromatic carbocycles. The lowest BCUT2D eigenvalue weighted by atomic mass is 9.84. The van der Waals surface area contributed by atoms with Gasteiger partial charge in [-0.1, -0.05) is 30.3 Å². The third-order valence-electron chi connectivity index (χ3n) is 3.36. The Hall–Kier alpha value is -1.12. The van der Waals surface area contributed by atoms with Crippen LogP contribution in [-0.4, -0.2) is 6.04 Å². The number of thiophene rings is 1. The van der Waals surface area contributed by atoms with Crippen LogP contribution in [0.3, 0.4) is 0 Å². The molecule has 82 valence electrons. The second kappa shape index (κ2) is 4.04. The number of hydrogen-bond donors (Lipinski definition) is 1. The van der Waals surface area contributed by atoms with Gasteiger partial charge in [0, 0.05) is 23.4 Å². The van der Waals surface area contributed by atoms with E-state index in [1.54, 1.807) is 0 Å². The average molecular weight is 229 g/mol. The van der Waals surface area contributed by atoms with Gasteiger partial charge in [0.15, 0.2) is 0 Å². The maximum atomic E-state index is 3.58. The van der Waals surface area contributed by atoms with Gasteiger partial charge in [-0.05, 0) is 29.5 Å². The minimum atomic E-state index is 0.510. The van der Waals surface area contributed by atoms with Crippen molar-refractivity contribution in [2.24, 2.45) is 0 Å². The fourth-order valence-corrected chi connectivity index (χ4v) is 3.42. The van der Waals surface area contributed by atoms with Gasteiger partial charge in [-0.3, -0.25) is 0 Å². The van der Waals surface area contributed by atoms with Crippen molar-refractivity contribution in [2.75, 3.05) is 0 Å². The normalized spacial score (nSPS) is 24.1. The quantitative estimate of drug-likeness (QED) is 0.790. The molecule has 2 unspecified atom stereocenters. The molecule has 0 saturated heterocycles. The highest BCUT2D eigenvalue weighted by Gasteiger charge is 2.27. The maximum absolute atomic E-state index is 3.58. The molecule has 1 aliphatic heterocycles. The molecule has 1 nitrogen and oxygen atoms in total. The van der Waals surface area contributed by atoms with Crippen LogP contribution in [0.1, 0.15) is 28.8 Å². The molecule has 0 fully saturated rings. The average Bonchev–Trinajstić information content (AvgIpc) is 2.78. The van der Waals surface area contributed by atoms with Crippen molar-refractivity contribution in [1.29, 1.82) is 0 Å². The molecular formula is C14H15NS. The molecule has 1 aromatic heterocycles. The summed E-state index contributed by atoms with van der Waals surface area (Å²) in [4.78, 5) is 1.49. The zero-order valence-corrected chi connectivity index (χ0v) is 10.1. The zero-order chi connectivity index (χ0) is 11.0. The van der Waals surface area contributed by atoms with Crippen molar-refractivity contribution in [3.8, 4) is 0 Å². The number of benzene rings is 1. The monoisotopic (exact) mass is 229 g/mol. The van der Waals surface area contributed by atoms with E-state index in [0.717, 1.165) is 6.54 Å². The van der Waals surface area contributed by atoms with E-state index in [0.29, 0.717) is 12.0 Å². The smallest absolute Gasteiger partial charge is 0.0305 e. The van der Waals surface area contributed by atoms with Crippen LogP contribution in [0.5, 0.6) is 0 Å². The fraction of sp³-hybridized carbons (Fsp3) is 0.286. The molecule has 3 rings (SSSR count). The molecule has 0 saturated carbocycles. The van der Waals surface area contributed by atoms with Gasteiger partial charge in [-0.15, -0.1) is 11.3 Å². The predicted octanol–water partition coefficient (Wildman–Crippen LogP) is 3.37. The van der Waals surface area contributed by atoms with Crippen molar-refractivity contribution in [2.45, 2.75) is 25.4 Å². The van der Waals surface area contributed by atoms with Gasteiger partial charge in [0.05, 0.1) is 0 Å². The first kappa shape index (κ1) is 10.1. The zero-order valence-electron chi connectivity index (χ0n) is 9.31. The van der Waals surface area contributed by atoms with Crippen LogP contribution in [-0.2, 0) is 6.54 Å². The van der Waals surface area contributed by atoms with Crippen molar-refractivity contribution in [1.82, 2.24) is 5.32 Å². The molecular weight excluding hydrogens is 214 g/mol. The Balaban J connectivity index is 2.08. The van der Waals surface area contributed by atoms with Crippen LogP contribution < -0.4 is 5.32 Å². The third kappa shape index (κ3) is 1.58. The lowest BCUT2D eigenvalue weighted by Gasteiger charge is -2.30. The van der Waals surface area contributed by atoms with E-state index in [-0.39, 0.29) is 0 Å². The van der Waals surface area contributed by atoms with Gasteiger partial charge in [0.25, 0.3) is 0 Å². The minimum Gasteiger partial charge on any atom is -0.308 e. The van der Waals surface area contributed by atoms with Gasteiger partial charge in [-0.2, -0.15) is 0 Å². The summed E-state index contributed by atoms with van der Waals surface area (Å²) in [5, 5.41) is 5.79. The first-order valence-electron chi connectivity index (χ1n) is 5.71. The molecule has 2 heterocycles. The lowest BCUT2D eigenvalue weighted by molar-refractivity contribution is 0.472. The van der Waals surface area contributed by atoms with E-state index in [9.17, 15) is 0 Å². The molecule has 16 heavy (non-hydrogen) atoms. The van der Waals surface area contributed by atoms with Crippen molar-refractivity contribution >= 4 is 11.3 Å². The fourth-order valence-electron chi connectivity index (χ4n) is 2.54. The highest BCUT2D eigenvalue weighted by Crippen LogP contribution is 2.36. The Kier molecular flexibility index (Phi) is 2.54. The highest BCUT2D eigenvalue weighted by atomic mass is 32.1. The van der Waals surface area contributed by atoms with E-state index < -0.39 is 0 Å². The van der Waals surface area contributed by atoms with Crippen LogP contribution in [0.15, 0.2) is 41.8 Å². The molecule has 0 spiro atoms. The van der Waals surface area contributed by atoms with E-state index in [4.69, 9.17) is 0 Å². The largest absolute Gasteiger partial charge is 0.308 e. The Morgan fingerprint density at radius 3 is 2.81 bits per heavy atom. The number of hydrogen-bond acceptors (Lipinski definition) is 2. The lowest BCUT2D eigenvalue weighted by Crippen LogP contribution is -2.36. The SMILES string of the molecule is CC1NCc2sccc2C1c1ccccc1. The van der Waals surface area contributed by atoms with E-state index >= 15 is 0 Å². The Bertz CT molecular complexity index is 474. The van der Waals surface area contributed by atoms with Gasteiger partial charge in [-0.25, -0.2) is 0 Å². The van der Waals surface area contributed by atoms with E-state index in [2.05, 4.69) is 54.0 Å². The first-order chi connectivity index (χ1) is 7.86. The number of fused-ring (bicyclic) bond motifs is 1. The van der Waals surface area contributed by atoms with Crippen LogP contribution >= 0.6 is 11.3 Å². The first-order valence-corrected chi connectivity index (χ1v) is 6.59. The molecule has 0 bridgehead atoms. The topological polar surface area (TPSA) is 12.0 Å². The summed E-state index contributed by atoms with van der Waals surface area (Å²) in [6.07, 6.45) is 0. The third-order valence-corrected chi connectivity index (χ3v) is 4.29. The van der Waals surface area contributed by atoms with E-state index in [1.807, 2.05) is 11.3 Å². The van der Waals surface area contributed by atoms with Crippen molar-refractivity contribution in [3.05, 3.63) is 57.8 Å². The molecule has 2 aromatic rings. The summed E-state index contributed by atoms with van der Waals surface area (Å²) in [6, 6.07) is 13.6. The summed E-state index contributed by atoms with van der Waals surface area (Å²) in [5.41, 5.74) is 2.93. The molecule has 0 aliphatic carbocycles. The Morgan fingerprint density at radius 1 is 1.19 bits per heavy atom. The Morgan fingerprint density at radius 2 is 2.00 bits per heavy atom. The van der Waals surface area contributed by atoms with Gasteiger partial charge in [0.2, 0.25) is 0 Å². The van der Waals surface area contributed by atoms with Gasteiger partial charge in [0.1, 0.15) is 0 Å². The molecule has 2 heteroatoms.